The predicted molar refractivity (Wildman–Crippen MR) is 88.7 cm³/mol. The van der Waals surface area contributed by atoms with Crippen molar-refractivity contribution >= 4 is 49.7 Å². The highest BCUT2D eigenvalue weighted by molar-refractivity contribution is 7.22. The van der Waals surface area contributed by atoms with Gasteiger partial charge in [0.1, 0.15) is 0 Å². The third-order valence-electron chi connectivity index (χ3n) is 2.96. The van der Waals surface area contributed by atoms with Gasteiger partial charge in [-0.05, 0) is 36.4 Å². The fraction of sp³-hybridized carbons (Fsp3) is 0.133. The maximum absolute atomic E-state index is 6.00. The Labute approximate surface area is 126 Å². The molecule has 102 valence electrons. The maximum Gasteiger partial charge on any atom is 0.188 e. The fourth-order valence-electron chi connectivity index (χ4n) is 1.94. The smallest absolute Gasteiger partial charge is 0.188 e. The number of hydrogen-bond acceptors (Lipinski definition) is 4. The van der Waals surface area contributed by atoms with Crippen LogP contribution in [0.4, 0.5) is 16.5 Å². The number of aromatic nitrogens is 1. The molecular formula is C15H14ClN3S. The van der Waals surface area contributed by atoms with Crippen molar-refractivity contribution in [1.82, 2.24) is 4.98 Å². The fourth-order valence-corrected chi connectivity index (χ4v) is 3.10. The number of nitrogens with zero attached hydrogens (tertiary/aromatic N) is 2. The van der Waals surface area contributed by atoms with Crippen LogP contribution in [0.3, 0.4) is 0 Å². The molecule has 0 fully saturated rings. The number of benzene rings is 2. The zero-order valence-corrected chi connectivity index (χ0v) is 12.8. The van der Waals surface area contributed by atoms with Gasteiger partial charge in [-0.3, -0.25) is 0 Å². The molecule has 0 saturated carbocycles. The van der Waals surface area contributed by atoms with Crippen molar-refractivity contribution in [2.45, 2.75) is 0 Å². The van der Waals surface area contributed by atoms with Gasteiger partial charge in [0.05, 0.1) is 10.2 Å². The van der Waals surface area contributed by atoms with Gasteiger partial charge in [-0.25, -0.2) is 4.98 Å². The number of anilines is 3. The van der Waals surface area contributed by atoms with Crippen molar-refractivity contribution < 1.29 is 0 Å². The molecule has 1 N–H and O–H groups in total. The van der Waals surface area contributed by atoms with Gasteiger partial charge in [-0.1, -0.05) is 29.0 Å². The van der Waals surface area contributed by atoms with Crippen LogP contribution in [0.5, 0.6) is 0 Å². The summed E-state index contributed by atoms with van der Waals surface area (Å²) < 4.78 is 1.09. The van der Waals surface area contributed by atoms with Crippen LogP contribution in [0.1, 0.15) is 0 Å². The van der Waals surface area contributed by atoms with E-state index in [0.29, 0.717) is 0 Å². The number of nitrogens with one attached hydrogen (secondary N) is 1. The summed E-state index contributed by atoms with van der Waals surface area (Å²) in [4.78, 5) is 6.63. The molecule has 0 atom stereocenters. The third kappa shape index (κ3) is 2.71. The summed E-state index contributed by atoms with van der Waals surface area (Å²) in [5.74, 6) is 0. The topological polar surface area (TPSA) is 28.2 Å². The quantitative estimate of drug-likeness (QED) is 0.756. The van der Waals surface area contributed by atoms with Crippen LogP contribution in [-0.4, -0.2) is 19.1 Å². The highest BCUT2D eigenvalue weighted by Gasteiger charge is 2.05. The molecule has 20 heavy (non-hydrogen) atoms. The van der Waals surface area contributed by atoms with Crippen LogP contribution in [0.25, 0.3) is 10.2 Å². The number of hydrogen-bond donors (Lipinski definition) is 1. The van der Waals surface area contributed by atoms with Crippen LogP contribution in [0.15, 0.2) is 42.5 Å². The van der Waals surface area contributed by atoms with E-state index in [1.807, 2.05) is 44.4 Å². The standard InChI is InChI=1S/C15H14ClN3S/c1-19(2)12-5-3-4-11(9-12)17-15-18-13-7-6-10(16)8-14(13)20-15/h3-9H,1-2H3,(H,17,18). The Morgan fingerprint density at radius 3 is 2.80 bits per heavy atom. The minimum atomic E-state index is 0.738. The van der Waals surface area contributed by atoms with E-state index in [9.17, 15) is 0 Å². The van der Waals surface area contributed by atoms with Gasteiger partial charge in [0.15, 0.2) is 5.13 Å². The first kappa shape index (κ1) is 13.2. The number of fused-ring (bicyclic) bond motifs is 1. The highest BCUT2D eigenvalue weighted by Crippen LogP contribution is 2.30. The summed E-state index contributed by atoms with van der Waals surface area (Å²) in [5.41, 5.74) is 3.14. The Kier molecular flexibility index (Phi) is 3.51. The molecule has 1 heterocycles. The second-order valence-electron chi connectivity index (χ2n) is 4.70. The molecule has 0 spiro atoms. The van der Waals surface area contributed by atoms with E-state index in [1.165, 1.54) is 0 Å². The summed E-state index contributed by atoms with van der Waals surface area (Å²) in [6.45, 7) is 0. The van der Waals surface area contributed by atoms with Crippen LogP contribution in [-0.2, 0) is 0 Å². The normalized spacial score (nSPS) is 10.8. The molecule has 0 aliphatic carbocycles. The molecule has 0 amide bonds. The van der Waals surface area contributed by atoms with E-state index in [2.05, 4.69) is 27.3 Å². The summed E-state index contributed by atoms with van der Waals surface area (Å²) in [6, 6.07) is 14.0. The molecule has 2 aromatic carbocycles. The SMILES string of the molecule is CN(C)c1cccc(Nc2nc3ccc(Cl)cc3s2)c1. The van der Waals surface area contributed by atoms with Gasteiger partial charge in [-0.15, -0.1) is 0 Å². The van der Waals surface area contributed by atoms with Crippen molar-refractivity contribution in [3.63, 3.8) is 0 Å². The molecule has 0 bridgehead atoms. The summed E-state index contributed by atoms with van der Waals surface area (Å²) in [7, 11) is 4.05. The molecular weight excluding hydrogens is 290 g/mol. The Morgan fingerprint density at radius 2 is 2.00 bits per heavy atom. The summed E-state index contributed by atoms with van der Waals surface area (Å²) in [5, 5.41) is 4.96. The third-order valence-corrected chi connectivity index (χ3v) is 4.13. The minimum absolute atomic E-state index is 0.738. The molecule has 0 radical (unpaired) electrons. The van der Waals surface area contributed by atoms with E-state index >= 15 is 0 Å². The summed E-state index contributed by atoms with van der Waals surface area (Å²) >= 11 is 7.60. The Bertz CT molecular complexity index is 752. The molecule has 3 aromatic rings. The van der Waals surface area contributed by atoms with Crippen LogP contribution < -0.4 is 10.2 Å². The predicted octanol–water partition coefficient (Wildman–Crippen LogP) is 4.76. The molecule has 3 nitrogen and oxygen atoms in total. The Balaban J connectivity index is 1.90. The zero-order valence-electron chi connectivity index (χ0n) is 11.2. The van der Waals surface area contributed by atoms with Gasteiger partial charge < -0.3 is 10.2 Å². The van der Waals surface area contributed by atoms with E-state index in [4.69, 9.17) is 11.6 Å². The lowest BCUT2D eigenvalue weighted by atomic mass is 10.2. The lowest BCUT2D eigenvalue weighted by Crippen LogP contribution is -2.08. The maximum atomic E-state index is 6.00. The van der Waals surface area contributed by atoms with Crippen LogP contribution in [0, 0.1) is 0 Å². The molecule has 1 aromatic heterocycles. The lowest BCUT2D eigenvalue weighted by molar-refractivity contribution is 1.13. The monoisotopic (exact) mass is 303 g/mol. The van der Waals surface area contributed by atoms with Crippen LogP contribution >= 0.6 is 22.9 Å². The first-order valence-electron chi connectivity index (χ1n) is 6.22. The molecule has 0 aliphatic rings. The van der Waals surface area contributed by atoms with Gasteiger partial charge >= 0.3 is 0 Å². The van der Waals surface area contributed by atoms with E-state index in [-0.39, 0.29) is 0 Å². The number of halogens is 1. The zero-order chi connectivity index (χ0) is 14.1. The lowest BCUT2D eigenvalue weighted by Gasteiger charge is -2.13. The van der Waals surface area contributed by atoms with Crippen molar-refractivity contribution in [3.05, 3.63) is 47.5 Å². The second-order valence-corrected chi connectivity index (χ2v) is 6.17. The van der Waals surface area contributed by atoms with Gasteiger partial charge in [0, 0.05) is 30.5 Å². The van der Waals surface area contributed by atoms with Crippen molar-refractivity contribution in [3.8, 4) is 0 Å². The van der Waals surface area contributed by atoms with Crippen molar-refractivity contribution in [1.29, 1.82) is 0 Å². The van der Waals surface area contributed by atoms with Crippen molar-refractivity contribution in [2.24, 2.45) is 0 Å². The van der Waals surface area contributed by atoms with Crippen molar-refractivity contribution in [2.75, 3.05) is 24.3 Å². The summed E-state index contributed by atoms with van der Waals surface area (Å²) in [6.07, 6.45) is 0. The van der Waals surface area contributed by atoms with E-state index in [1.54, 1.807) is 11.3 Å². The molecule has 0 unspecified atom stereocenters. The first-order valence-corrected chi connectivity index (χ1v) is 7.42. The molecule has 3 rings (SSSR count). The highest BCUT2D eigenvalue weighted by atomic mass is 35.5. The van der Waals surface area contributed by atoms with E-state index in [0.717, 1.165) is 31.7 Å². The number of rotatable bonds is 3. The van der Waals surface area contributed by atoms with Gasteiger partial charge in [0.2, 0.25) is 0 Å². The second kappa shape index (κ2) is 5.31. The number of thiazole rings is 1. The molecule has 0 saturated heterocycles. The molecule has 0 aliphatic heterocycles. The average molecular weight is 304 g/mol. The average Bonchev–Trinajstić information content (AvgIpc) is 2.80. The molecule has 5 heteroatoms. The van der Waals surface area contributed by atoms with Crippen LogP contribution in [0.2, 0.25) is 5.02 Å². The Hall–Kier alpha value is -1.78. The largest absolute Gasteiger partial charge is 0.378 e. The van der Waals surface area contributed by atoms with E-state index < -0.39 is 0 Å². The minimum Gasteiger partial charge on any atom is -0.378 e. The Morgan fingerprint density at radius 1 is 1.15 bits per heavy atom. The van der Waals surface area contributed by atoms with Gasteiger partial charge in [0.25, 0.3) is 0 Å². The first-order chi connectivity index (χ1) is 9.61. The van der Waals surface area contributed by atoms with Gasteiger partial charge in [-0.2, -0.15) is 0 Å².